The molecule has 0 saturated carbocycles. The van der Waals surface area contributed by atoms with Crippen molar-refractivity contribution in [3.63, 3.8) is 0 Å². The molecule has 0 saturated heterocycles. The summed E-state index contributed by atoms with van der Waals surface area (Å²) in [6.07, 6.45) is 4.21. The van der Waals surface area contributed by atoms with Crippen molar-refractivity contribution in [1.82, 2.24) is 0 Å². The normalized spacial score (nSPS) is 11.4. The Labute approximate surface area is 51.0 Å². The van der Waals surface area contributed by atoms with Crippen LogP contribution in [0.4, 0.5) is 0 Å². The minimum absolute atomic E-state index is 0.673. The molecule has 0 aromatic carbocycles. The van der Waals surface area contributed by atoms with Crippen molar-refractivity contribution in [3.8, 4) is 0 Å². The van der Waals surface area contributed by atoms with Gasteiger partial charge in [-0.15, -0.1) is 0 Å². The fourth-order valence-corrected chi connectivity index (χ4v) is 0.455. The summed E-state index contributed by atoms with van der Waals surface area (Å²) in [5, 5.41) is 0. The van der Waals surface area contributed by atoms with E-state index in [4.69, 9.17) is 0 Å². The summed E-state index contributed by atoms with van der Waals surface area (Å²) in [5.41, 5.74) is 0. The highest BCUT2D eigenvalue weighted by atomic mass is 32.1. The molecule has 0 aromatic rings. The molecule has 0 atom stereocenters. The van der Waals surface area contributed by atoms with Gasteiger partial charge in [0.15, 0.2) is 0 Å². The van der Waals surface area contributed by atoms with Crippen LogP contribution in [0.1, 0.15) is 13.8 Å². The van der Waals surface area contributed by atoms with Gasteiger partial charge in [-0.3, -0.25) is 0 Å². The first kappa shape index (κ1) is 7.09. The molecule has 0 aliphatic heterocycles. The Hall–Kier alpha value is 0.0900. The lowest BCUT2D eigenvalue weighted by molar-refractivity contribution is 0.830. The van der Waals surface area contributed by atoms with Crippen molar-refractivity contribution in [2.75, 3.05) is 5.75 Å². The highest BCUT2D eigenvalue weighted by Gasteiger charge is 1.78. The topological polar surface area (TPSA) is 0 Å². The van der Waals surface area contributed by atoms with Crippen LogP contribution in [0.2, 0.25) is 0 Å². The van der Waals surface area contributed by atoms with Gasteiger partial charge in [0, 0.05) is 5.75 Å². The number of hydrogen-bond donors (Lipinski definition) is 1. The third-order valence-electron chi connectivity index (χ3n) is 0.626. The van der Waals surface area contributed by atoms with Crippen LogP contribution in [-0.2, 0) is 0 Å². The average Bonchev–Trinajstić information content (AvgIpc) is 1.61. The second-order valence-corrected chi connectivity index (χ2v) is 2.22. The lowest BCUT2D eigenvalue weighted by Crippen LogP contribution is -1.75. The number of thiol groups is 1. The molecule has 0 aliphatic rings. The largest absolute Gasteiger partial charge is 0.175 e. The molecule has 1 heteroatoms. The summed E-state index contributed by atoms with van der Waals surface area (Å²) in [7, 11) is 0. The van der Waals surface area contributed by atoms with E-state index >= 15 is 0 Å². The highest BCUT2D eigenvalue weighted by molar-refractivity contribution is 7.80. The molecule has 0 rings (SSSR count). The molecular weight excluding hydrogens is 104 g/mol. The Morgan fingerprint density at radius 1 is 1.57 bits per heavy atom. The first-order valence-corrected chi connectivity index (χ1v) is 3.18. The number of hydrogen-bond acceptors (Lipinski definition) is 1. The molecule has 0 fully saturated rings. The minimum atomic E-state index is 0.673. The fourth-order valence-electron chi connectivity index (χ4n) is 0.333. The summed E-state index contributed by atoms with van der Waals surface area (Å²) in [6, 6.07) is 0. The van der Waals surface area contributed by atoms with Crippen LogP contribution in [-0.4, -0.2) is 5.75 Å². The second-order valence-electron chi connectivity index (χ2n) is 1.85. The molecule has 0 radical (unpaired) electrons. The summed E-state index contributed by atoms with van der Waals surface area (Å²) >= 11 is 4.01. The molecule has 0 aromatic heterocycles. The number of allylic oxidation sites excluding steroid dienone is 1. The van der Waals surface area contributed by atoms with Crippen molar-refractivity contribution < 1.29 is 0 Å². The summed E-state index contributed by atoms with van der Waals surface area (Å²) in [6.45, 7) is 4.31. The predicted octanol–water partition coefficient (Wildman–Crippen LogP) is 2.13. The summed E-state index contributed by atoms with van der Waals surface area (Å²) in [4.78, 5) is 0. The first-order chi connectivity index (χ1) is 3.27. The maximum atomic E-state index is 4.01. The van der Waals surface area contributed by atoms with Crippen LogP contribution in [0.3, 0.4) is 0 Å². The lowest BCUT2D eigenvalue weighted by Gasteiger charge is -1.88. The molecule has 0 N–H and O–H groups in total. The van der Waals surface area contributed by atoms with Crippen molar-refractivity contribution in [1.29, 1.82) is 0 Å². The molecule has 0 nitrogen and oxygen atoms in total. The SMILES string of the molecule is CC(C)/C=C/CS. The van der Waals surface area contributed by atoms with Crippen LogP contribution in [0.15, 0.2) is 12.2 Å². The average molecular weight is 116 g/mol. The predicted molar refractivity (Wildman–Crippen MR) is 37.8 cm³/mol. The van der Waals surface area contributed by atoms with E-state index in [2.05, 4.69) is 38.6 Å². The van der Waals surface area contributed by atoms with Crippen molar-refractivity contribution in [3.05, 3.63) is 12.2 Å². The van der Waals surface area contributed by atoms with Gasteiger partial charge in [-0.1, -0.05) is 26.0 Å². The van der Waals surface area contributed by atoms with Gasteiger partial charge in [-0.25, -0.2) is 0 Å². The molecular formula is C6H12S. The molecule has 0 bridgehead atoms. The van der Waals surface area contributed by atoms with E-state index < -0.39 is 0 Å². The van der Waals surface area contributed by atoms with E-state index in [0.717, 1.165) is 5.75 Å². The quantitative estimate of drug-likeness (QED) is 0.414. The smallest absolute Gasteiger partial charge is 0.00826 e. The maximum absolute atomic E-state index is 4.01. The van der Waals surface area contributed by atoms with Crippen molar-refractivity contribution in [2.24, 2.45) is 5.92 Å². The lowest BCUT2D eigenvalue weighted by atomic mass is 10.2. The molecule has 7 heavy (non-hydrogen) atoms. The molecule has 0 heterocycles. The zero-order valence-electron chi connectivity index (χ0n) is 4.89. The van der Waals surface area contributed by atoms with Crippen molar-refractivity contribution >= 4 is 12.6 Å². The zero-order valence-corrected chi connectivity index (χ0v) is 5.78. The number of rotatable bonds is 2. The summed E-state index contributed by atoms with van der Waals surface area (Å²) < 4.78 is 0. The Morgan fingerprint density at radius 3 is 2.29 bits per heavy atom. The van der Waals surface area contributed by atoms with Gasteiger partial charge in [0.05, 0.1) is 0 Å². The van der Waals surface area contributed by atoms with Gasteiger partial charge in [0.25, 0.3) is 0 Å². The van der Waals surface area contributed by atoms with Crippen LogP contribution in [0.25, 0.3) is 0 Å². The van der Waals surface area contributed by atoms with E-state index in [0.29, 0.717) is 5.92 Å². The Bertz CT molecular complexity index is 55.2. The molecule has 0 unspecified atom stereocenters. The Kier molecular flexibility index (Phi) is 4.31. The monoisotopic (exact) mass is 116 g/mol. The summed E-state index contributed by atoms with van der Waals surface area (Å²) in [5.74, 6) is 1.53. The van der Waals surface area contributed by atoms with Crippen LogP contribution >= 0.6 is 12.6 Å². The van der Waals surface area contributed by atoms with E-state index in [1.165, 1.54) is 0 Å². The van der Waals surface area contributed by atoms with Gasteiger partial charge in [-0.05, 0) is 5.92 Å². The standard InChI is InChI=1S/C6H12S/c1-6(2)4-3-5-7/h3-4,6-7H,5H2,1-2H3/b4-3+. The van der Waals surface area contributed by atoms with Crippen molar-refractivity contribution in [2.45, 2.75) is 13.8 Å². The third kappa shape index (κ3) is 6.09. The fraction of sp³-hybridized carbons (Fsp3) is 0.667. The Morgan fingerprint density at radius 2 is 2.14 bits per heavy atom. The third-order valence-corrected chi connectivity index (χ3v) is 0.837. The molecule has 42 valence electrons. The maximum Gasteiger partial charge on any atom is 0.00826 e. The van der Waals surface area contributed by atoms with Gasteiger partial charge in [0.2, 0.25) is 0 Å². The second kappa shape index (κ2) is 4.25. The van der Waals surface area contributed by atoms with Crippen LogP contribution in [0.5, 0.6) is 0 Å². The van der Waals surface area contributed by atoms with E-state index in [1.54, 1.807) is 0 Å². The van der Waals surface area contributed by atoms with E-state index in [-0.39, 0.29) is 0 Å². The molecule has 0 aliphatic carbocycles. The van der Waals surface area contributed by atoms with E-state index in [9.17, 15) is 0 Å². The van der Waals surface area contributed by atoms with Gasteiger partial charge < -0.3 is 0 Å². The van der Waals surface area contributed by atoms with Gasteiger partial charge >= 0.3 is 0 Å². The minimum Gasteiger partial charge on any atom is -0.175 e. The van der Waals surface area contributed by atoms with E-state index in [1.807, 2.05) is 0 Å². The zero-order chi connectivity index (χ0) is 5.70. The highest BCUT2D eigenvalue weighted by Crippen LogP contribution is 1.92. The van der Waals surface area contributed by atoms with Crippen LogP contribution in [0, 0.1) is 5.92 Å². The Balaban J connectivity index is 3.08. The van der Waals surface area contributed by atoms with Gasteiger partial charge in [0.1, 0.15) is 0 Å². The van der Waals surface area contributed by atoms with Gasteiger partial charge in [-0.2, -0.15) is 12.6 Å². The molecule has 0 spiro atoms. The molecule has 0 amide bonds. The first-order valence-electron chi connectivity index (χ1n) is 2.55. The van der Waals surface area contributed by atoms with Crippen LogP contribution < -0.4 is 0 Å².